The summed E-state index contributed by atoms with van der Waals surface area (Å²) in [6.45, 7) is 2.58. The van der Waals surface area contributed by atoms with Crippen molar-refractivity contribution in [3.63, 3.8) is 0 Å². The van der Waals surface area contributed by atoms with E-state index < -0.39 is 6.36 Å². The fourth-order valence-electron chi connectivity index (χ4n) is 3.05. The third-order valence-corrected chi connectivity index (χ3v) is 4.50. The Hall–Kier alpha value is -2.26. The van der Waals surface area contributed by atoms with Gasteiger partial charge < -0.3 is 19.8 Å². The first kappa shape index (κ1) is 19.5. The minimum atomic E-state index is -4.71. The lowest BCUT2D eigenvalue weighted by molar-refractivity contribution is -0.274. The minimum Gasteiger partial charge on any atom is -0.468 e. The van der Waals surface area contributed by atoms with Gasteiger partial charge in [-0.15, -0.1) is 13.2 Å². The average molecular weight is 399 g/mol. The van der Waals surface area contributed by atoms with Gasteiger partial charge in [0.15, 0.2) is 5.11 Å². The van der Waals surface area contributed by atoms with Crippen LogP contribution in [0, 0.1) is 0 Å². The average Bonchev–Trinajstić information content (AvgIpc) is 3.30. The molecule has 1 saturated heterocycles. The van der Waals surface area contributed by atoms with Crippen molar-refractivity contribution in [2.75, 3.05) is 25.0 Å². The van der Waals surface area contributed by atoms with Crippen LogP contribution in [-0.2, 0) is 0 Å². The zero-order valence-corrected chi connectivity index (χ0v) is 15.3. The largest absolute Gasteiger partial charge is 0.573 e. The first-order valence-electron chi connectivity index (χ1n) is 8.59. The number of hydrogen-bond acceptors (Lipinski definition) is 4. The molecule has 1 aromatic carbocycles. The number of benzene rings is 1. The van der Waals surface area contributed by atoms with E-state index in [0.29, 0.717) is 17.3 Å². The van der Waals surface area contributed by atoms with E-state index in [4.69, 9.17) is 16.6 Å². The van der Waals surface area contributed by atoms with Gasteiger partial charge in [-0.3, -0.25) is 4.90 Å². The number of furan rings is 1. The first-order chi connectivity index (χ1) is 12.9. The Bertz CT molecular complexity index is 729. The molecule has 9 heteroatoms. The smallest absolute Gasteiger partial charge is 0.468 e. The van der Waals surface area contributed by atoms with Crippen LogP contribution in [0.25, 0.3) is 0 Å². The number of halogens is 3. The Kier molecular flexibility index (Phi) is 6.22. The molecule has 3 rings (SSSR count). The Labute approximate surface area is 160 Å². The Balaban J connectivity index is 1.53. The van der Waals surface area contributed by atoms with Gasteiger partial charge in [0, 0.05) is 12.2 Å². The summed E-state index contributed by atoms with van der Waals surface area (Å²) in [5.41, 5.74) is 0.567. The summed E-state index contributed by atoms with van der Waals surface area (Å²) >= 11 is 5.30. The monoisotopic (exact) mass is 399 g/mol. The van der Waals surface area contributed by atoms with Gasteiger partial charge in [0.2, 0.25) is 0 Å². The van der Waals surface area contributed by atoms with E-state index >= 15 is 0 Å². The summed E-state index contributed by atoms with van der Waals surface area (Å²) in [6.07, 6.45) is -0.736. The van der Waals surface area contributed by atoms with Crippen molar-refractivity contribution in [3.8, 4) is 5.75 Å². The molecular weight excluding hydrogens is 379 g/mol. The zero-order valence-electron chi connectivity index (χ0n) is 14.5. The molecule has 1 aromatic heterocycles. The highest BCUT2D eigenvalue weighted by Gasteiger charge is 2.31. The number of ether oxygens (including phenoxy) is 1. The lowest BCUT2D eigenvalue weighted by Gasteiger charge is -2.26. The Morgan fingerprint density at radius 2 is 1.89 bits per heavy atom. The van der Waals surface area contributed by atoms with E-state index in [1.165, 1.54) is 24.3 Å². The quantitative estimate of drug-likeness (QED) is 0.707. The van der Waals surface area contributed by atoms with Crippen molar-refractivity contribution >= 4 is 23.0 Å². The third-order valence-electron chi connectivity index (χ3n) is 4.25. The highest BCUT2D eigenvalue weighted by molar-refractivity contribution is 7.80. The van der Waals surface area contributed by atoms with Gasteiger partial charge in [-0.25, -0.2) is 0 Å². The number of nitrogens with zero attached hydrogens (tertiary/aromatic N) is 1. The van der Waals surface area contributed by atoms with Gasteiger partial charge in [0.25, 0.3) is 0 Å². The second kappa shape index (κ2) is 8.62. The Morgan fingerprint density at radius 1 is 1.19 bits per heavy atom. The molecule has 1 aliphatic rings. The van der Waals surface area contributed by atoms with Gasteiger partial charge in [0.05, 0.1) is 12.3 Å². The topological polar surface area (TPSA) is 49.7 Å². The fourth-order valence-corrected chi connectivity index (χ4v) is 3.25. The first-order valence-corrected chi connectivity index (χ1v) is 9.00. The molecule has 0 amide bonds. The second-order valence-corrected chi connectivity index (χ2v) is 6.59. The molecule has 27 heavy (non-hydrogen) atoms. The summed E-state index contributed by atoms with van der Waals surface area (Å²) in [6, 6.07) is 9.28. The van der Waals surface area contributed by atoms with E-state index in [1.54, 1.807) is 6.26 Å². The number of hydrogen-bond donors (Lipinski definition) is 2. The van der Waals surface area contributed by atoms with E-state index in [9.17, 15) is 13.2 Å². The summed E-state index contributed by atoms with van der Waals surface area (Å²) in [5.74, 6) is 0.597. The molecule has 146 valence electrons. The molecule has 1 aliphatic heterocycles. The molecule has 5 nitrogen and oxygen atoms in total. The fraction of sp³-hybridized carbons (Fsp3) is 0.389. The maximum Gasteiger partial charge on any atom is 0.573 e. The van der Waals surface area contributed by atoms with Crippen molar-refractivity contribution < 1.29 is 22.3 Å². The molecule has 0 aliphatic carbocycles. The predicted octanol–water partition coefficient (Wildman–Crippen LogP) is 4.30. The molecule has 0 spiro atoms. The number of alkyl halides is 3. The van der Waals surface area contributed by atoms with Gasteiger partial charge >= 0.3 is 6.36 Å². The van der Waals surface area contributed by atoms with Crippen molar-refractivity contribution in [3.05, 3.63) is 48.4 Å². The molecule has 1 atom stereocenters. The van der Waals surface area contributed by atoms with Gasteiger partial charge in [0.1, 0.15) is 11.5 Å². The predicted molar refractivity (Wildman–Crippen MR) is 99.6 cm³/mol. The Morgan fingerprint density at radius 3 is 2.48 bits per heavy atom. The highest BCUT2D eigenvalue weighted by Crippen LogP contribution is 2.25. The van der Waals surface area contributed by atoms with Crippen LogP contribution in [0.15, 0.2) is 47.1 Å². The van der Waals surface area contributed by atoms with Crippen LogP contribution in [0.2, 0.25) is 0 Å². The lowest BCUT2D eigenvalue weighted by Crippen LogP contribution is -2.38. The molecule has 0 unspecified atom stereocenters. The molecule has 2 aromatic rings. The summed E-state index contributed by atoms with van der Waals surface area (Å²) in [5, 5.41) is 6.50. The van der Waals surface area contributed by atoms with E-state index in [-0.39, 0.29) is 11.8 Å². The second-order valence-electron chi connectivity index (χ2n) is 6.18. The zero-order chi connectivity index (χ0) is 19.3. The standard InChI is InChI=1S/C18H20F3N3O2S/c19-18(20,21)26-14-7-5-13(6-8-14)23-17(27)22-12-15(16-4-3-11-25-16)24-9-1-2-10-24/h3-8,11,15H,1-2,9-10,12H2,(H2,22,23,27)/t15-/m0/s1. The van der Waals surface area contributed by atoms with E-state index in [1.807, 2.05) is 12.1 Å². The van der Waals surface area contributed by atoms with E-state index in [2.05, 4.69) is 20.3 Å². The van der Waals surface area contributed by atoms with E-state index in [0.717, 1.165) is 31.7 Å². The number of nitrogens with one attached hydrogen (secondary N) is 2. The van der Waals surface area contributed by atoms with Crippen LogP contribution in [0.4, 0.5) is 18.9 Å². The van der Waals surface area contributed by atoms with Crippen LogP contribution in [0.1, 0.15) is 24.6 Å². The van der Waals surface area contributed by atoms with Crippen LogP contribution in [0.5, 0.6) is 5.75 Å². The van der Waals surface area contributed by atoms with Crippen molar-refractivity contribution in [2.24, 2.45) is 0 Å². The normalized spacial score (nSPS) is 16.1. The molecule has 0 bridgehead atoms. The molecule has 2 heterocycles. The molecule has 0 radical (unpaired) electrons. The van der Waals surface area contributed by atoms with Crippen molar-refractivity contribution in [2.45, 2.75) is 25.2 Å². The summed E-state index contributed by atoms with van der Waals surface area (Å²) in [4.78, 5) is 2.34. The van der Waals surface area contributed by atoms with Crippen LogP contribution >= 0.6 is 12.2 Å². The molecule has 2 N–H and O–H groups in total. The van der Waals surface area contributed by atoms with Crippen LogP contribution in [-0.4, -0.2) is 36.0 Å². The van der Waals surface area contributed by atoms with Crippen LogP contribution < -0.4 is 15.4 Å². The van der Waals surface area contributed by atoms with Crippen LogP contribution in [0.3, 0.4) is 0 Å². The molecule has 1 fully saturated rings. The van der Waals surface area contributed by atoms with Crippen molar-refractivity contribution in [1.29, 1.82) is 0 Å². The maximum absolute atomic E-state index is 12.2. The lowest BCUT2D eigenvalue weighted by atomic mass is 10.2. The number of anilines is 1. The minimum absolute atomic E-state index is 0.0739. The van der Waals surface area contributed by atoms with Crippen molar-refractivity contribution in [1.82, 2.24) is 10.2 Å². The number of thiocarbonyl (C=S) groups is 1. The maximum atomic E-state index is 12.2. The van der Waals surface area contributed by atoms with Gasteiger partial charge in [-0.05, 0) is 74.5 Å². The van der Waals surface area contributed by atoms with Gasteiger partial charge in [-0.2, -0.15) is 0 Å². The number of rotatable bonds is 6. The number of likely N-dealkylation sites (tertiary alicyclic amines) is 1. The molecular formula is C18H20F3N3O2S. The SMILES string of the molecule is FC(F)(F)Oc1ccc(NC(=S)NC[C@@H](c2ccco2)N2CCCC2)cc1. The summed E-state index contributed by atoms with van der Waals surface area (Å²) < 4.78 is 46.0. The highest BCUT2D eigenvalue weighted by atomic mass is 32.1. The summed E-state index contributed by atoms with van der Waals surface area (Å²) in [7, 11) is 0. The molecule has 0 saturated carbocycles. The van der Waals surface area contributed by atoms with Gasteiger partial charge in [-0.1, -0.05) is 0 Å². The third kappa shape index (κ3) is 5.86.